The molecule has 0 aromatic carbocycles. The fourth-order valence-electron chi connectivity index (χ4n) is 3.98. The van der Waals surface area contributed by atoms with Gasteiger partial charge in [0, 0.05) is 25.8 Å². The quantitative estimate of drug-likeness (QED) is 0.481. The molecule has 14 heteroatoms. The molecule has 3 aromatic rings. The minimum atomic E-state index is -4.78. The Hall–Kier alpha value is -2.71. The zero-order chi connectivity index (χ0) is 27.0. The molecule has 1 fully saturated rings. The van der Waals surface area contributed by atoms with Gasteiger partial charge in [-0.15, -0.1) is 0 Å². The second kappa shape index (κ2) is 8.15. The highest BCUT2D eigenvalue weighted by Crippen LogP contribution is 2.37. The molecule has 3 aromatic heterocycles. The number of imidazole rings is 1. The number of pyridine rings is 2. The number of nitrogens with zero attached hydrogens (tertiary/aromatic N) is 4. The number of hydrogen-bond donors (Lipinski definition) is 0. The summed E-state index contributed by atoms with van der Waals surface area (Å²) in [5, 5.41) is 0. The number of rotatable bonds is 4. The third kappa shape index (κ3) is 4.04. The number of sulfone groups is 1. The van der Waals surface area contributed by atoms with E-state index in [2.05, 4.69) is 9.97 Å². The van der Waals surface area contributed by atoms with E-state index >= 15 is 0 Å². The Morgan fingerprint density at radius 3 is 2.17 bits per heavy atom. The molecule has 0 spiro atoms. The Morgan fingerprint density at radius 1 is 1.06 bits per heavy atom. The summed E-state index contributed by atoms with van der Waals surface area (Å²) >= 11 is 0. The van der Waals surface area contributed by atoms with Crippen LogP contribution in [0.25, 0.3) is 22.6 Å². The molecule has 1 aliphatic heterocycles. The Kier molecular flexibility index (Phi) is 5.97. The third-order valence-corrected chi connectivity index (χ3v) is 8.62. The van der Waals surface area contributed by atoms with Crippen molar-refractivity contribution in [2.24, 2.45) is 14.1 Å². The predicted molar refractivity (Wildman–Crippen MR) is 128 cm³/mol. The first kappa shape index (κ1) is 26.4. The fraction of sp³-hybridized carbons (Fsp3) is 0.500. The maximum atomic E-state index is 13.4. The Bertz CT molecular complexity index is 1530. The van der Waals surface area contributed by atoms with Crippen LogP contribution < -0.4 is 11.0 Å². The number of aromatic nitrogens is 4. The highest BCUT2D eigenvalue weighted by atomic mass is 32.2. The molecule has 0 bridgehead atoms. The summed E-state index contributed by atoms with van der Waals surface area (Å²) in [6, 6.07) is 2.13. The maximum Gasteiger partial charge on any atom is 0.496 e. The highest BCUT2D eigenvalue weighted by molar-refractivity contribution is 7.91. The Labute approximate surface area is 206 Å². The monoisotopic (exact) mass is 526 g/mol. The smallest absolute Gasteiger partial charge is 0.399 e. The van der Waals surface area contributed by atoms with Gasteiger partial charge in [-0.25, -0.2) is 13.4 Å². The minimum absolute atomic E-state index is 0.0612. The van der Waals surface area contributed by atoms with E-state index in [0.29, 0.717) is 10.0 Å². The van der Waals surface area contributed by atoms with Crippen LogP contribution in [-0.2, 0) is 39.4 Å². The lowest BCUT2D eigenvalue weighted by molar-refractivity contribution is -0.143. The summed E-state index contributed by atoms with van der Waals surface area (Å²) in [4.78, 5) is 21.1. The van der Waals surface area contributed by atoms with Crippen LogP contribution in [0, 0.1) is 0 Å². The number of halogens is 3. The summed E-state index contributed by atoms with van der Waals surface area (Å²) < 4.78 is 80.3. The molecule has 0 N–H and O–H groups in total. The zero-order valence-electron chi connectivity index (χ0n) is 20.9. The van der Waals surface area contributed by atoms with Gasteiger partial charge in [-0.3, -0.25) is 9.78 Å². The summed E-state index contributed by atoms with van der Waals surface area (Å²) in [6.45, 7) is 8.88. The topological polar surface area (TPSA) is 105 Å². The molecule has 4 rings (SSSR count). The zero-order valence-corrected chi connectivity index (χ0v) is 21.7. The first-order valence-electron chi connectivity index (χ1n) is 11.1. The van der Waals surface area contributed by atoms with Gasteiger partial charge in [0.1, 0.15) is 16.9 Å². The Morgan fingerprint density at radius 2 is 1.64 bits per heavy atom. The molecule has 0 radical (unpaired) electrons. The van der Waals surface area contributed by atoms with Crippen molar-refractivity contribution < 1.29 is 30.9 Å². The average molecular weight is 526 g/mol. The Balaban J connectivity index is 1.94. The van der Waals surface area contributed by atoms with Crippen LogP contribution >= 0.6 is 0 Å². The van der Waals surface area contributed by atoms with Crippen LogP contribution in [0.5, 0.6) is 0 Å². The summed E-state index contributed by atoms with van der Waals surface area (Å²) in [5.74, 6) is -0.327. The third-order valence-electron chi connectivity index (χ3n) is 6.88. The van der Waals surface area contributed by atoms with E-state index in [1.54, 1.807) is 0 Å². The van der Waals surface area contributed by atoms with Gasteiger partial charge in [0.2, 0.25) is 0 Å². The van der Waals surface area contributed by atoms with Crippen molar-refractivity contribution >= 4 is 33.5 Å². The van der Waals surface area contributed by atoms with Gasteiger partial charge in [0.05, 0.1) is 27.4 Å². The fourth-order valence-corrected chi connectivity index (χ4v) is 5.05. The summed E-state index contributed by atoms with van der Waals surface area (Å²) in [6.07, 6.45) is -3.40. The van der Waals surface area contributed by atoms with Crippen molar-refractivity contribution in [3.63, 3.8) is 0 Å². The van der Waals surface area contributed by atoms with E-state index in [9.17, 15) is 26.4 Å². The van der Waals surface area contributed by atoms with Crippen LogP contribution in [0.1, 0.15) is 40.3 Å². The van der Waals surface area contributed by atoms with E-state index in [0.717, 1.165) is 13.1 Å². The molecule has 9 nitrogen and oxygen atoms in total. The average Bonchev–Trinajstić information content (AvgIpc) is 3.21. The van der Waals surface area contributed by atoms with Crippen molar-refractivity contribution in [2.45, 2.75) is 56.9 Å². The molecular formula is C22H26BF3N4O5S. The number of aryl methyl sites for hydroxylation is 1. The van der Waals surface area contributed by atoms with Gasteiger partial charge < -0.3 is 18.4 Å². The molecule has 36 heavy (non-hydrogen) atoms. The van der Waals surface area contributed by atoms with Crippen LogP contribution in [0.2, 0.25) is 0 Å². The van der Waals surface area contributed by atoms with Gasteiger partial charge in [-0.2, -0.15) is 13.2 Å². The molecule has 1 aliphatic rings. The van der Waals surface area contributed by atoms with E-state index in [-0.39, 0.29) is 33.2 Å². The van der Waals surface area contributed by atoms with Crippen LogP contribution in [0.15, 0.2) is 28.0 Å². The van der Waals surface area contributed by atoms with E-state index in [4.69, 9.17) is 9.31 Å². The SMILES string of the molecule is CCS(=O)(=O)c1cc(B2OC(C)(C)C(C)(C)O2)cnc1-c1nc2cc(C(F)(F)F)n(C)c(=O)c2n1C. The lowest BCUT2D eigenvalue weighted by Gasteiger charge is -2.32. The van der Waals surface area contributed by atoms with E-state index < -0.39 is 45.6 Å². The second-order valence-corrected chi connectivity index (χ2v) is 12.0. The van der Waals surface area contributed by atoms with Gasteiger partial charge in [-0.05, 0) is 39.8 Å². The maximum absolute atomic E-state index is 13.4. The van der Waals surface area contributed by atoms with Crippen LogP contribution in [0.4, 0.5) is 13.2 Å². The molecular weight excluding hydrogens is 500 g/mol. The second-order valence-electron chi connectivity index (χ2n) is 9.73. The van der Waals surface area contributed by atoms with E-state index in [1.165, 1.54) is 30.8 Å². The summed E-state index contributed by atoms with van der Waals surface area (Å²) in [7, 11) is -2.33. The van der Waals surface area contributed by atoms with Gasteiger partial charge >= 0.3 is 13.3 Å². The highest BCUT2D eigenvalue weighted by Gasteiger charge is 2.52. The molecule has 1 saturated heterocycles. The first-order chi connectivity index (χ1) is 16.4. The van der Waals surface area contributed by atoms with Gasteiger partial charge in [0.15, 0.2) is 15.7 Å². The molecule has 0 atom stereocenters. The lowest BCUT2D eigenvalue weighted by Crippen LogP contribution is -2.41. The van der Waals surface area contributed by atoms with Crippen molar-refractivity contribution in [2.75, 3.05) is 5.75 Å². The van der Waals surface area contributed by atoms with Crippen molar-refractivity contribution in [3.8, 4) is 11.5 Å². The lowest BCUT2D eigenvalue weighted by atomic mass is 9.80. The molecule has 0 saturated carbocycles. The van der Waals surface area contributed by atoms with E-state index in [1.807, 2.05) is 27.7 Å². The predicted octanol–water partition coefficient (Wildman–Crippen LogP) is 2.45. The molecule has 0 amide bonds. The number of alkyl halides is 3. The van der Waals surface area contributed by atoms with Crippen LogP contribution in [-0.4, -0.2) is 51.6 Å². The van der Waals surface area contributed by atoms with Crippen LogP contribution in [0.3, 0.4) is 0 Å². The van der Waals surface area contributed by atoms with Gasteiger partial charge in [-0.1, -0.05) is 6.92 Å². The number of hydrogen-bond acceptors (Lipinski definition) is 7. The molecule has 0 aliphatic carbocycles. The van der Waals surface area contributed by atoms with Crippen molar-refractivity contribution in [1.29, 1.82) is 0 Å². The molecule has 4 heterocycles. The first-order valence-corrected chi connectivity index (χ1v) is 12.8. The van der Waals surface area contributed by atoms with Crippen molar-refractivity contribution in [1.82, 2.24) is 19.1 Å². The largest absolute Gasteiger partial charge is 0.496 e. The standard InChI is InChI=1S/C22H26BF3N4O5S/c1-8-36(32,33)14-9-12(23-34-20(2,3)21(4,5)35-23)11-27-16(14)18-28-13-10-15(22(24,25)26)29(6)19(31)17(13)30(18)7/h9-11H,8H2,1-7H3. The molecule has 194 valence electrons. The van der Waals surface area contributed by atoms with Gasteiger partial charge in [0.25, 0.3) is 5.56 Å². The minimum Gasteiger partial charge on any atom is -0.399 e. The number of fused-ring (bicyclic) bond motifs is 1. The molecule has 0 unspecified atom stereocenters. The van der Waals surface area contributed by atoms with Crippen molar-refractivity contribution in [3.05, 3.63) is 34.4 Å². The normalized spacial score (nSPS) is 17.8. The summed E-state index contributed by atoms with van der Waals surface area (Å²) in [5.41, 5.74) is -3.51.